The van der Waals surface area contributed by atoms with Crippen LogP contribution in [0.25, 0.3) is 0 Å². The van der Waals surface area contributed by atoms with Gasteiger partial charge in [0, 0.05) is 5.41 Å². The lowest BCUT2D eigenvalue weighted by Crippen LogP contribution is -2.39. The highest BCUT2D eigenvalue weighted by Crippen LogP contribution is 2.49. The lowest BCUT2D eigenvalue weighted by atomic mass is 9.63. The van der Waals surface area contributed by atoms with Gasteiger partial charge in [-0.1, -0.05) is 39.0 Å². The van der Waals surface area contributed by atoms with Gasteiger partial charge >= 0.3 is 7.60 Å². The Balaban J connectivity index is 2.45. The summed E-state index contributed by atoms with van der Waals surface area (Å²) in [4.78, 5) is 29.7. The van der Waals surface area contributed by atoms with Crippen LogP contribution in [-0.2, 0) is 9.36 Å². The monoisotopic (exact) mass is 262 g/mol. The lowest BCUT2D eigenvalue weighted by molar-refractivity contribution is -0.131. The first-order chi connectivity index (χ1) is 7.90. The van der Waals surface area contributed by atoms with E-state index in [9.17, 15) is 9.36 Å². The molecule has 0 spiro atoms. The fourth-order valence-corrected chi connectivity index (χ4v) is 3.23. The molecule has 0 unspecified atom stereocenters. The lowest BCUT2D eigenvalue weighted by Gasteiger charge is -2.40. The number of carbonyl (C=O) groups is 1. The van der Waals surface area contributed by atoms with E-state index in [4.69, 9.17) is 9.79 Å². The number of Topliss-reactive ketones (excluding diaryl/α,β-unsaturated/α-hetero) is 1. The average molecular weight is 262 g/mol. The second-order valence-corrected chi connectivity index (χ2v) is 6.84. The highest BCUT2D eigenvalue weighted by atomic mass is 31.2. The van der Waals surface area contributed by atoms with E-state index in [1.807, 2.05) is 0 Å². The first-order valence-corrected chi connectivity index (χ1v) is 8.27. The summed E-state index contributed by atoms with van der Waals surface area (Å²) in [5.41, 5.74) is -0.394. The van der Waals surface area contributed by atoms with Gasteiger partial charge in [0.2, 0.25) is 0 Å². The Kier molecular flexibility index (Phi) is 5.36. The third-order valence-electron chi connectivity index (χ3n) is 3.76. The van der Waals surface area contributed by atoms with Crippen LogP contribution in [0.4, 0.5) is 0 Å². The molecule has 2 N–H and O–H groups in total. The minimum absolute atomic E-state index is 0.214. The van der Waals surface area contributed by atoms with Gasteiger partial charge in [-0.15, -0.1) is 0 Å². The zero-order valence-corrected chi connectivity index (χ0v) is 11.4. The van der Waals surface area contributed by atoms with Gasteiger partial charge in [0.05, 0.1) is 0 Å². The smallest absolute Gasteiger partial charge is 0.324 e. The second kappa shape index (κ2) is 6.12. The van der Waals surface area contributed by atoms with E-state index in [1.165, 1.54) is 6.42 Å². The Morgan fingerprint density at radius 2 is 1.88 bits per heavy atom. The molecular formula is C12H23O4P. The van der Waals surface area contributed by atoms with Crippen molar-refractivity contribution in [3.05, 3.63) is 0 Å². The first-order valence-electron chi connectivity index (χ1n) is 6.47. The van der Waals surface area contributed by atoms with Crippen LogP contribution in [-0.4, -0.2) is 21.7 Å². The van der Waals surface area contributed by atoms with Crippen LogP contribution in [0.1, 0.15) is 58.3 Å². The van der Waals surface area contributed by atoms with Crippen molar-refractivity contribution in [1.82, 2.24) is 0 Å². The molecule has 0 atom stereocenters. The van der Waals surface area contributed by atoms with Crippen LogP contribution >= 0.6 is 7.60 Å². The van der Waals surface area contributed by atoms with E-state index in [-0.39, 0.29) is 5.78 Å². The van der Waals surface area contributed by atoms with Crippen LogP contribution < -0.4 is 0 Å². The van der Waals surface area contributed by atoms with Gasteiger partial charge in [-0.25, -0.2) is 0 Å². The van der Waals surface area contributed by atoms with Crippen molar-refractivity contribution in [3.63, 3.8) is 0 Å². The molecule has 1 fully saturated rings. The third kappa shape index (κ3) is 4.53. The zero-order chi connectivity index (χ0) is 12.9. The molecule has 1 aliphatic carbocycles. The molecule has 0 aromatic rings. The van der Waals surface area contributed by atoms with Crippen LogP contribution in [0.2, 0.25) is 0 Å². The molecular weight excluding hydrogens is 239 g/mol. The molecule has 1 aliphatic rings. The van der Waals surface area contributed by atoms with Crippen LogP contribution in [0, 0.1) is 5.41 Å². The Bertz CT molecular complexity index is 304. The molecule has 5 heteroatoms. The van der Waals surface area contributed by atoms with Crippen LogP contribution in [0.3, 0.4) is 0 Å². The molecule has 0 saturated heterocycles. The van der Waals surface area contributed by atoms with Crippen LogP contribution in [0.5, 0.6) is 0 Å². The molecule has 0 heterocycles. The van der Waals surface area contributed by atoms with E-state index in [0.717, 1.165) is 44.9 Å². The number of ketones is 1. The normalized spacial score (nSPS) is 18.8. The van der Waals surface area contributed by atoms with Crippen molar-refractivity contribution in [2.45, 2.75) is 58.3 Å². The maximum atomic E-state index is 11.9. The molecule has 100 valence electrons. The highest BCUT2D eigenvalue weighted by molar-refractivity contribution is 7.52. The largest absolute Gasteiger partial charge is 0.332 e. The predicted molar refractivity (Wildman–Crippen MR) is 67.0 cm³/mol. The molecule has 0 radical (unpaired) electrons. The summed E-state index contributed by atoms with van der Waals surface area (Å²) in [5, 5.41) is 0. The van der Waals surface area contributed by atoms with Crippen molar-refractivity contribution in [2.24, 2.45) is 5.41 Å². The van der Waals surface area contributed by atoms with E-state index < -0.39 is 19.2 Å². The molecule has 17 heavy (non-hydrogen) atoms. The second-order valence-electron chi connectivity index (χ2n) is 5.19. The fraction of sp³-hybridized carbons (Fsp3) is 0.917. The van der Waals surface area contributed by atoms with Crippen molar-refractivity contribution in [1.29, 1.82) is 0 Å². The van der Waals surface area contributed by atoms with Crippen molar-refractivity contribution < 1.29 is 19.1 Å². The summed E-state index contributed by atoms with van der Waals surface area (Å²) < 4.78 is 10.9. The zero-order valence-electron chi connectivity index (χ0n) is 10.5. The quantitative estimate of drug-likeness (QED) is 0.521. The van der Waals surface area contributed by atoms with Gasteiger partial charge in [0.15, 0.2) is 5.78 Å². The molecule has 0 amide bonds. The number of hydrogen-bond donors (Lipinski definition) is 2. The SMILES string of the molecule is CCCCCCC1(C(=O)CP(=O)(O)O)CCC1. The fourth-order valence-electron chi connectivity index (χ4n) is 2.52. The van der Waals surface area contributed by atoms with Crippen molar-refractivity contribution in [3.8, 4) is 0 Å². The van der Waals surface area contributed by atoms with Gasteiger partial charge in [-0.05, 0) is 19.3 Å². The van der Waals surface area contributed by atoms with Crippen LogP contribution in [0.15, 0.2) is 0 Å². The number of rotatable bonds is 8. The van der Waals surface area contributed by atoms with Crippen molar-refractivity contribution >= 4 is 13.4 Å². The van der Waals surface area contributed by atoms with E-state index >= 15 is 0 Å². The van der Waals surface area contributed by atoms with Gasteiger partial charge in [-0.3, -0.25) is 9.36 Å². The van der Waals surface area contributed by atoms with E-state index in [0.29, 0.717) is 0 Å². The standard InChI is InChI=1S/C12H23O4P/c1-2-3-4-5-7-12(8-6-9-12)11(13)10-17(14,15)16/h2-10H2,1H3,(H2,14,15,16). The molecule has 1 rings (SSSR count). The number of unbranched alkanes of at least 4 members (excludes halogenated alkanes) is 3. The molecule has 4 nitrogen and oxygen atoms in total. The average Bonchev–Trinajstić information content (AvgIpc) is 2.12. The third-order valence-corrected chi connectivity index (χ3v) is 4.46. The molecule has 1 saturated carbocycles. The minimum Gasteiger partial charge on any atom is -0.324 e. The number of carbonyl (C=O) groups excluding carboxylic acids is 1. The molecule has 0 aliphatic heterocycles. The van der Waals surface area contributed by atoms with E-state index in [1.54, 1.807) is 0 Å². The topological polar surface area (TPSA) is 74.6 Å². The maximum absolute atomic E-state index is 11.9. The molecule has 0 aromatic carbocycles. The predicted octanol–water partition coefficient (Wildman–Crippen LogP) is 2.87. The van der Waals surface area contributed by atoms with Gasteiger partial charge < -0.3 is 9.79 Å². The summed E-state index contributed by atoms with van der Waals surface area (Å²) in [6.45, 7) is 2.14. The van der Waals surface area contributed by atoms with E-state index in [2.05, 4.69) is 6.92 Å². The van der Waals surface area contributed by atoms with Gasteiger partial charge in [0.25, 0.3) is 0 Å². The Labute approximate surface area is 103 Å². The van der Waals surface area contributed by atoms with Gasteiger partial charge in [-0.2, -0.15) is 0 Å². The Morgan fingerprint density at radius 3 is 2.29 bits per heavy atom. The maximum Gasteiger partial charge on any atom is 0.332 e. The Hall–Kier alpha value is -0.180. The number of hydrogen-bond acceptors (Lipinski definition) is 2. The first kappa shape index (κ1) is 14.9. The minimum atomic E-state index is -4.19. The van der Waals surface area contributed by atoms with Gasteiger partial charge in [0.1, 0.15) is 6.16 Å². The summed E-state index contributed by atoms with van der Waals surface area (Å²) in [7, 11) is -4.19. The molecule has 0 aromatic heterocycles. The summed E-state index contributed by atoms with van der Waals surface area (Å²) in [6, 6.07) is 0. The summed E-state index contributed by atoms with van der Waals surface area (Å²) in [5.74, 6) is -0.214. The van der Waals surface area contributed by atoms with Crippen molar-refractivity contribution in [2.75, 3.05) is 6.16 Å². The Morgan fingerprint density at radius 1 is 1.24 bits per heavy atom. The summed E-state index contributed by atoms with van der Waals surface area (Å²) in [6.07, 6.45) is 7.33. The summed E-state index contributed by atoms with van der Waals surface area (Å²) >= 11 is 0. The highest BCUT2D eigenvalue weighted by Gasteiger charge is 2.44. The molecule has 0 bridgehead atoms.